The molecule has 1 aromatic heterocycles. The molecule has 0 saturated heterocycles. The van der Waals surface area contributed by atoms with Gasteiger partial charge in [0.1, 0.15) is 0 Å². The van der Waals surface area contributed by atoms with E-state index in [4.69, 9.17) is 11.6 Å². The molecule has 0 aliphatic carbocycles. The van der Waals surface area contributed by atoms with Crippen LogP contribution in [0.4, 0.5) is 5.69 Å². The molecule has 0 saturated carbocycles. The van der Waals surface area contributed by atoms with Crippen molar-refractivity contribution in [2.45, 2.75) is 19.9 Å². The Hall–Kier alpha value is -2.41. The monoisotopic (exact) mass is 309 g/mol. The van der Waals surface area contributed by atoms with E-state index in [9.17, 15) is 19.7 Å². The molecule has 0 fully saturated rings. The third-order valence-electron chi connectivity index (χ3n) is 3.05. The largest absolute Gasteiger partial charge is 0.328 e. The standard InChI is InChI=1S/C13H12ClN3O4/c1-2-8-6-16(13(19)15-12(8)18)7-9-3-4-10(17(20)21)5-11(9)14/h3-6H,2,7H2,1H3,(H,15,18,19). The Morgan fingerprint density at radius 1 is 1.33 bits per heavy atom. The summed E-state index contributed by atoms with van der Waals surface area (Å²) >= 11 is 5.99. The molecule has 2 rings (SSSR count). The van der Waals surface area contributed by atoms with E-state index < -0.39 is 16.2 Å². The highest BCUT2D eigenvalue weighted by atomic mass is 35.5. The number of nitro benzene ring substituents is 1. The Balaban J connectivity index is 2.41. The van der Waals surface area contributed by atoms with Crippen LogP contribution < -0.4 is 11.2 Å². The third kappa shape index (κ3) is 3.19. The van der Waals surface area contributed by atoms with Crippen molar-refractivity contribution in [1.82, 2.24) is 9.55 Å². The molecule has 2 aromatic rings. The van der Waals surface area contributed by atoms with Crippen LogP contribution in [0.15, 0.2) is 34.0 Å². The van der Waals surface area contributed by atoms with Gasteiger partial charge in [0.15, 0.2) is 0 Å². The first-order valence-corrected chi connectivity index (χ1v) is 6.55. The van der Waals surface area contributed by atoms with Crippen LogP contribution in [0.3, 0.4) is 0 Å². The van der Waals surface area contributed by atoms with Gasteiger partial charge in [0.25, 0.3) is 11.2 Å². The lowest BCUT2D eigenvalue weighted by molar-refractivity contribution is -0.384. The van der Waals surface area contributed by atoms with Crippen molar-refractivity contribution in [3.05, 3.63) is 71.5 Å². The summed E-state index contributed by atoms with van der Waals surface area (Å²) in [4.78, 5) is 35.6. The number of hydrogen-bond acceptors (Lipinski definition) is 4. The fraction of sp³-hybridized carbons (Fsp3) is 0.231. The lowest BCUT2D eigenvalue weighted by Gasteiger charge is -2.08. The third-order valence-corrected chi connectivity index (χ3v) is 3.41. The predicted molar refractivity (Wildman–Crippen MR) is 77.9 cm³/mol. The van der Waals surface area contributed by atoms with Crippen LogP contribution in [0.25, 0.3) is 0 Å². The SMILES string of the molecule is CCc1cn(Cc2ccc([N+](=O)[O-])cc2Cl)c(=O)[nH]c1=O. The lowest BCUT2D eigenvalue weighted by Crippen LogP contribution is -2.31. The number of nitro groups is 1. The maximum atomic E-state index is 11.8. The number of rotatable bonds is 4. The van der Waals surface area contributed by atoms with Crippen molar-refractivity contribution in [1.29, 1.82) is 0 Å². The topological polar surface area (TPSA) is 98.0 Å². The molecule has 0 spiro atoms. The van der Waals surface area contributed by atoms with Gasteiger partial charge in [-0.1, -0.05) is 18.5 Å². The van der Waals surface area contributed by atoms with Crippen LogP contribution in [0.1, 0.15) is 18.1 Å². The van der Waals surface area contributed by atoms with E-state index in [0.29, 0.717) is 17.5 Å². The Kier molecular flexibility index (Phi) is 4.23. The van der Waals surface area contributed by atoms with Gasteiger partial charge in [-0.3, -0.25) is 24.5 Å². The summed E-state index contributed by atoms with van der Waals surface area (Å²) in [7, 11) is 0. The maximum absolute atomic E-state index is 11.8. The molecule has 0 aliphatic heterocycles. The molecule has 110 valence electrons. The number of hydrogen-bond donors (Lipinski definition) is 1. The van der Waals surface area contributed by atoms with Crippen molar-refractivity contribution in [2.24, 2.45) is 0 Å². The molecule has 0 unspecified atom stereocenters. The first-order valence-electron chi connectivity index (χ1n) is 6.17. The number of aryl methyl sites for hydroxylation is 1. The van der Waals surface area contributed by atoms with Crippen LogP contribution in [0.2, 0.25) is 5.02 Å². The highest BCUT2D eigenvalue weighted by molar-refractivity contribution is 6.31. The van der Waals surface area contributed by atoms with Gasteiger partial charge in [0, 0.05) is 23.9 Å². The first-order chi connectivity index (χ1) is 9.92. The Labute approximate surface area is 124 Å². The summed E-state index contributed by atoms with van der Waals surface area (Å²) < 4.78 is 1.31. The van der Waals surface area contributed by atoms with Gasteiger partial charge in [-0.25, -0.2) is 4.79 Å². The van der Waals surface area contributed by atoms with Gasteiger partial charge in [-0.2, -0.15) is 0 Å². The molecule has 0 amide bonds. The zero-order chi connectivity index (χ0) is 15.6. The summed E-state index contributed by atoms with van der Waals surface area (Å²) in [5, 5.41) is 10.8. The summed E-state index contributed by atoms with van der Waals surface area (Å²) in [5.74, 6) is 0. The van der Waals surface area contributed by atoms with Crippen LogP contribution in [0.5, 0.6) is 0 Å². The lowest BCUT2D eigenvalue weighted by atomic mass is 10.2. The second kappa shape index (κ2) is 5.92. The number of nitrogens with zero attached hydrogens (tertiary/aromatic N) is 2. The van der Waals surface area contributed by atoms with Gasteiger partial charge < -0.3 is 0 Å². The highest BCUT2D eigenvalue weighted by Gasteiger charge is 2.11. The number of H-pyrrole nitrogens is 1. The Morgan fingerprint density at radius 2 is 2.05 bits per heavy atom. The molecule has 0 radical (unpaired) electrons. The molecule has 21 heavy (non-hydrogen) atoms. The minimum Gasteiger partial charge on any atom is -0.296 e. The molecule has 1 aromatic carbocycles. The molecule has 0 bridgehead atoms. The number of halogens is 1. The molecule has 1 heterocycles. The second-order valence-corrected chi connectivity index (χ2v) is 4.84. The fourth-order valence-electron chi connectivity index (χ4n) is 1.89. The van der Waals surface area contributed by atoms with E-state index in [0.717, 1.165) is 0 Å². The van der Waals surface area contributed by atoms with E-state index in [2.05, 4.69) is 4.98 Å². The zero-order valence-corrected chi connectivity index (χ0v) is 11.9. The highest BCUT2D eigenvalue weighted by Crippen LogP contribution is 2.22. The number of aromatic nitrogens is 2. The average molecular weight is 310 g/mol. The van der Waals surface area contributed by atoms with Crippen molar-refractivity contribution in [2.75, 3.05) is 0 Å². The maximum Gasteiger partial charge on any atom is 0.328 e. The first kappa shape index (κ1) is 15.0. The molecule has 0 atom stereocenters. The van der Waals surface area contributed by atoms with Crippen LogP contribution in [-0.2, 0) is 13.0 Å². The zero-order valence-electron chi connectivity index (χ0n) is 11.1. The molecule has 7 nitrogen and oxygen atoms in total. The minimum absolute atomic E-state index is 0.119. The fourth-order valence-corrected chi connectivity index (χ4v) is 2.12. The number of benzene rings is 1. The van der Waals surface area contributed by atoms with Crippen molar-refractivity contribution >= 4 is 17.3 Å². The molecule has 0 aliphatic rings. The van der Waals surface area contributed by atoms with E-state index in [1.807, 2.05) is 0 Å². The Morgan fingerprint density at radius 3 is 2.62 bits per heavy atom. The van der Waals surface area contributed by atoms with E-state index in [1.165, 1.54) is 29.0 Å². The molecule has 8 heteroatoms. The van der Waals surface area contributed by atoms with Crippen LogP contribution in [0, 0.1) is 10.1 Å². The summed E-state index contributed by atoms with van der Waals surface area (Å²) in [6.45, 7) is 1.93. The number of non-ortho nitro benzene ring substituents is 1. The van der Waals surface area contributed by atoms with Gasteiger partial charge >= 0.3 is 5.69 Å². The van der Waals surface area contributed by atoms with Crippen molar-refractivity contribution in [3.8, 4) is 0 Å². The second-order valence-electron chi connectivity index (χ2n) is 4.43. The summed E-state index contributed by atoms with van der Waals surface area (Å²) in [5.41, 5.74) is -0.0434. The molecular formula is C13H12ClN3O4. The predicted octanol–water partition coefficient (Wildman–Crippen LogP) is 1.71. The smallest absolute Gasteiger partial charge is 0.296 e. The van der Waals surface area contributed by atoms with Gasteiger partial charge in [0.05, 0.1) is 16.5 Å². The molecule has 1 N–H and O–H groups in total. The Bertz CT molecular complexity index is 810. The van der Waals surface area contributed by atoms with Gasteiger partial charge in [0.2, 0.25) is 0 Å². The summed E-state index contributed by atoms with van der Waals surface area (Å²) in [6.07, 6.45) is 1.96. The van der Waals surface area contributed by atoms with Gasteiger partial charge in [-0.05, 0) is 18.1 Å². The van der Waals surface area contributed by atoms with Crippen molar-refractivity contribution in [3.63, 3.8) is 0 Å². The molecular weight excluding hydrogens is 298 g/mol. The van der Waals surface area contributed by atoms with E-state index in [-0.39, 0.29) is 17.3 Å². The normalized spacial score (nSPS) is 10.6. The van der Waals surface area contributed by atoms with E-state index in [1.54, 1.807) is 6.92 Å². The summed E-state index contributed by atoms with van der Waals surface area (Å²) in [6, 6.07) is 4.04. The number of nitrogens with one attached hydrogen (secondary N) is 1. The average Bonchev–Trinajstić information content (AvgIpc) is 2.43. The van der Waals surface area contributed by atoms with Crippen molar-refractivity contribution < 1.29 is 4.92 Å². The van der Waals surface area contributed by atoms with Crippen LogP contribution in [-0.4, -0.2) is 14.5 Å². The quantitative estimate of drug-likeness (QED) is 0.686. The number of aromatic amines is 1. The van der Waals surface area contributed by atoms with E-state index >= 15 is 0 Å². The van der Waals surface area contributed by atoms with Gasteiger partial charge in [-0.15, -0.1) is 0 Å². The van der Waals surface area contributed by atoms with Crippen LogP contribution >= 0.6 is 11.6 Å². The minimum atomic E-state index is -0.549.